The largest absolute Gasteiger partial charge is 0.396 e. The van der Waals surface area contributed by atoms with Gasteiger partial charge in [-0.3, -0.25) is 0 Å². The second-order valence-corrected chi connectivity index (χ2v) is 8.41. The van der Waals surface area contributed by atoms with Gasteiger partial charge in [0.1, 0.15) is 5.82 Å². The summed E-state index contributed by atoms with van der Waals surface area (Å²) in [5, 5.41) is 9.25. The molecule has 1 aromatic rings. The fraction of sp³-hybridized carbons (Fsp3) is 0.786. The van der Waals surface area contributed by atoms with Crippen molar-refractivity contribution in [3.63, 3.8) is 0 Å². The minimum absolute atomic E-state index is 0.218. The zero-order valence-corrected chi connectivity index (χ0v) is 12.5. The van der Waals surface area contributed by atoms with Crippen LogP contribution in [-0.2, 0) is 29.2 Å². The Labute approximate surface area is 119 Å². The summed E-state index contributed by atoms with van der Waals surface area (Å²) in [5.74, 6) is 2.26. The molecule has 2 aliphatic heterocycles. The standard InChI is InChI=1S/C14H22N2O3S/c17-9-11-3-4-16-13(6-11)8-15-14(16)7-12-2-1-5-20(18,19)10-12/h8,11-12,17H,1-7,9-10H2. The summed E-state index contributed by atoms with van der Waals surface area (Å²) in [6.07, 6.45) is 6.30. The zero-order valence-electron chi connectivity index (χ0n) is 11.7. The molecule has 0 radical (unpaired) electrons. The van der Waals surface area contributed by atoms with Crippen molar-refractivity contribution in [2.45, 2.75) is 38.6 Å². The van der Waals surface area contributed by atoms with Crippen LogP contribution in [-0.4, -0.2) is 41.2 Å². The number of fused-ring (bicyclic) bond motifs is 1. The molecule has 1 fully saturated rings. The normalized spacial score (nSPS) is 29.1. The molecule has 0 aliphatic carbocycles. The van der Waals surface area contributed by atoms with E-state index in [9.17, 15) is 13.5 Å². The number of nitrogens with zero attached hydrogens (tertiary/aromatic N) is 2. The third-order valence-corrected chi connectivity index (χ3v) is 6.46. The fourth-order valence-corrected chi connectivity index (χ4v) is 5.23. The number of aromatic nitrogens is 2. The molecular weight excluding hydrogens is 276 g/mol. The van der Waals surface area contributed by atoms with Crippen LogP contribution in [0.5, 0.6) is 0 Å². The Morgan fingerprint density at radius 3 is 2.95 bits per heavy atom. The molecule has 20 heavy (non-hydrogen) atoms. The van der Waals surface area contributed by atoms with Crippen LogP contribution in [0.4, 0.5) is 0 Å². The van der Waals surface area contributed by atoms with Gasteiger partial charge in [-0.15, -0.1) is 0 Å². The summed E-state index contributed by atoms with van der Waals surface area (Å²) in [4.78, 5) is 4.49. The number of aliphatic hydroxyl groups excluding tert-OH is 1. The van der Waals surface area contributed by atoms with E-state index in [4.69, 9.17) is 0 Å². The Balaban J connectivity index is 1.71. The first-order valence-corrected chi connectivity index (χ1v) is 9.24. The lowest BCUT2D eigenvalue weighted by Gasteiger charge is -2.25. The second-order valence-electron chi connectivity index (χ2n) is 6.19. The van der Waals surface area contributed by atoms with E-state index in [0.29, 0.717) is 17.4 Å². The van der Waals surface area contributed by atoms with Crippen molar-refractivity contribution in [1.29, 1.82) is 0 Å². The molecular formula is C14H22N2O3S. The molecule has 5 nitrogen and oxygen atoms in total. The highest BCUT2D eigenvalue weighted by Crippen LogP contribution is 2.26. The number of imidazole rings is 1. The van der Waals surface area contributed by atoms with Crippen LogP contribution in [0, 0.1) is 11.8 Å². The van der Waals surface area contributed by atoms with E-state index in [1.54, 1.807) is 0 Å². The van der Waals surface area contributed by atoms with Gasteiger partial charge in [-0.2, -0.15) is 0 Å². The number of aliphatic hydroxyl groups is 1. The van der Waals surface area contributed by atoms with Crippen LogP contribution < -0.4 is 0 Å². The molecule has 0 spiro atoms. The quantitative estimate of drug-likeness (QED) is 0.896. The summed E-state index contributed by atoms with van der Waals surface area (Å²) < 4.78 is 25.6. The average molecular weight is 298 g/mol. The Morgan fingerprint density at radius 1 is 1.35 bits per heavy atom. The molecule has 2 aliphatic rings. The van der Waals surface area contributed by atoms with Gasteiger partial charge in [-0.05, 0) is 37.5 Å². The maximum atomic E-state index is 11.7. The molecule has 6 heteroatoms. The van der Waals surface area contributed by atoms with E-state index in [1.165, 1.54) is 5.69 Å². The van der Waals surface area contributed by atoms with Gasteiger partial charge >= 0.3 is 0 Å². The molecule has 112 valence electrons. The van der Waals surface area contributed by atoms with Crippen molar-refractivity contribution in [3.05, 3.63) is 17.7 Å². The number of hydrogen-bond acceptors (Lipinski definition) is 4. The van der Waals surface area contributed by atoms with Crippen molar-refractivity contribution in [3.8, 4) is 0 Å². The molecule has 1 saturated heterocycles. The molecule has 0 aromatic carbocycles. The van der Waals surface area contributed by atoms with Crippen molar-refractivity contribution in [2.24, 2.45) is 11.8 Å². The van der Waals surface area contributed by atoms with Gasteiger partial charge in [0.2, 0.25) is 0 Å². The summed E-state index contributed by atoms with van der Waals surface area (Å²) in [6, 6.07) is 0. The molecule has 0 saturated carbocycles. The Kier molecular flexibility index (Phi) is 3.86. The molecule has 1 N–H and O–H groups in total. The Hall–Kier alpha value is -0.880. The lowest BCUT2D eigenvalue weighted by atomic mass is 9.96. The van der Waals surface area contributed by atoms with Crippen molar-refractivity contribution in [1.82, 2.24) is 9.55 Å². The molecule has 0 amide bonds. The highest BCUT2D eigenvalue weighted by Gasteiger charge is 2.27. The second kappa shape index (κ2) is 5.48. The van der Waals surface area contributed by atoms with Crippen LogP contribution in [0.2, 0.25) is 0 Å². The minimum Gasteiger partial charge on any atom is -0.396 e. The maximum Gasteiger partial charge on any atom is 0.150 e. The molecule has 2 atom stereocenters. The number of hydrogen-bond donors (Lipinski definition) is 1. The van der Waals surface area contributed by atoms with Crippen LogP contribution >= 0.6 is 0 Å². The number of sulfone groups is 1. The maximum absolute atomic E-state index is 11.7. The smallest absolute Gasteiger partial charge is 0.150 e. The zero-order chi connectivity index (χ0) is 14.2. The van der Waals surface area contributed by atoms with Crippen LogP contribution in [0.3, 0.4) is 0 Å². The minimum atomic E-state index is -2.84. The van der Waals surface area contributed by atoms with Crippen LogP contribution in [0.1, 0.15) is 30.8 Å². The van der Waals surface area contributed by atoms with Gasteiger partial charge in [-0.25, -0.2) is 13.4 Å². The molecule has 0 bridgehead atoms. The first-order chi connectivity index (χ1) is 9.57. The van der Waals surface area contributed by atoms with Crippen molar-refractivity contribution >= 4 is 9.84 Å². The molecule has 1 aromatic heterocycles. The predicted molar refractivity (Wildman–Crippen MR) is 76.2 cm³/mol. The van der Waals surface area contributed by atoms with Gasteiger partial charge in [0.15, 0.2) is 9.84 Å². The van der Waals surface area contributed by atoms with E-state index >= 15 is 0 Å². The highest BCUT2D eigenvalue weighted by atomic mass is 32.2. The molecule has 3 rings (SSSR count). The average Bonchev–Trinajstić information content (AvgIpc) is 2.80. The molecule has 3 heterocycles. The monoisotopic (exact) mass is 298 g/mol. The van der Waals surface area contributed by atoms with E-state index in [2.05, 4.69) is 9.55 Å². The first-order valence-electron chi connectivity index (χ1n) is 7.42. The topological polar surface area (TPSA) is 72.2 Å². The predicted octanol–water partition coefficient (Wildman–Crippen LogP) is 0.805. The molecule has 2 unspecified atom stereocenters. The third kappa shape index (κ3) is 2.91. The fourth-order valence-electron chi connectivity index (χ4n) is 3.45. The van der Waals surface area contributed by atoms with Gasteiger partial charge in [0.25, 0.3) is 0 Å². The lowest BCUT2D eigenvalue weighted by Crippen LogP contribution is -2.28. The third-order valence-electron chi connectivity index (χ3n) is 4.57. The summed E-state index contributed by atoms with van der Waals surface area (Å²) >= 11 is 0. The van der Waals surface area contributed by atoms with E-state index in [1.807, 2.05) is 6.20 Å². The highest BCUT2D eigenvalue weighted by molar-refractivity contribution is 7.91. The van der Waals surface area contributed by atoms with Gasteiger partial charge in [0.05, 0.1) is 11.5 Å². The van der Waals surface area contributed by atoms with Gasteiger partial charge in [-0.1, -0.05) is 0 Å². The summed E-state index contributed by atoms with van der Waals surface area (Å²) in [6.45, 7) is 1.14. The summed E-state index contributed by atoms with van der Waals surface area (Å²) in [5.41, 5.74) is 1.18. The van der Waals surface area contributed by atoms with E-state index < -0.39 is 9.84 Å². The van der Waals surface area contributed by atoms with E-state index in [0.717, 1.165) is 44.5 Å². The van der Waals surface area contributed by atoms with E-state index in [-0.39, 0.29) is 12.5 Å². The number of rotatable bonds is 3. The van der Waals surface area contributed by atoms with Gasteiger partial charge in [0, 0.05) is 31.5 Å². The van der Waals surface area contributed by atoms with Gasteiger partial charge < -0.3 is 9.67 Å². The Bertz CT molecular complexity index is 579. The van der Waals surface area contributed by atoms with Crippen LogP contribution in [0.25, 0.3) is 0 Å². The SMILES string of the molecule is O=S1(=O)CCCC(Cc2ncc3n2CCC(CO)C3)C1. The Morgan fingerprint density at radius 2 is 2.20 bits per heavy atom. The van der Waals surface area contributed by atoms with Crippen molar-refractivity contribution in [2.75, 3.05) is 18.1 Å². The van der Waals surface area contributed by atoms with Crippen LogP contribution in [0.15, 0.2) is 6.20 Å². The lowest BCUT2D eigenvalue weighted by molar-refractivity contribution is 0.200. The summed E-state index contributed by atoms with van der Waals surface area (Å²) in [7, 11) is -2.84. The first kappa shape index (κ1) is 14.1. The van der Waals surface area contributed by atoms with Crippen molar-refractivity contribution < 1.29 is 13.5 Å².